The predicted octanol–water partition coefficient (Wildman–Crippen LogP) is 0.966. The molecule has 2 N–H and O–H groups in total. The quantitative estimate of drug-likeness (QED) is 0.792. The van der Waals surface area contributed by atoms with Crippen LogP contribution in [0.3, 0.4) is 0 Å². The highest BCUT2D eigenvalue weighted by molar-refractivity contribution is 9.10. The van der Waals surface area contributed by atoms with Crippen LogP contribution in [0.1, 0.15) is 0 Å². The molecule has 0 heterocycles. The first-order valence-electron chi connectivity index (χ1n) is 4.97. The van der Waals surface area contributed by atoms with E-state index in [9.17, 15) is 17.6 Å². The van der Waals surface area contributed by atoms with E-state index in [1.54, 1.807) is 0 Å². The highest BCUT2D eigenvalue weighted by atomic mass is 79.9. The van der Waals surface area contributed by atoms with Crippen molar-refractivity contribution in [2.45, 2.75) is 10.9 Å². The van der Waals surface area contributed by atoms with Gasteiger partial charge in [0.15, 0.2) is 0 Å². The average Bonchev–Trinajstić information content (AvgIpc) is 2.27. The molecular formula is C10H11BrFNO5S. The molecule has 1 aromatic rings. The highest BCUT2D eigenvalue weighted by Gasteiger charge is 2.27. The molecule has 9 heteroatoms. The van der Waals surface area contributed by atoms with Gasteiger partial charge in [-0.1, -0.05) is 15.9 Å². The van der Waals surface area contributed by atoms with Crippen LogP contribution in [0, 0.1) is 5.82 Å². The number of carboxylic acid groups (broad SMARTS) is 1. The number of carboxylic acids is 1. The van der Waals surface area contributed by atoms with Gasteiger partial charge < -0.3 is 9.84 Å². The molecule has 19 heavy (non-hydrogen) atoms. The van der Waals surface area contributed by atoms with E-state index in [0.717, 1.165) is 12.1 Å². The Labute approximate surface area is 117 Å². The standard InChI is InChI=1S/C10H11BrFNO5S/c1-18-5-8(10(14)15)13-19(16,17)9-3-2-6(11)4-7(9)12/h2-4,8,13H,5H2,1H3,(H,14,15). The first kappa shape index (κ1) is 16.0. The van der Waals surface area contributed by atoms with E-state index in [1.807, 2.05) is 4.72 Å². The van der Waals surface area contributed by atoms with E-state index in [4.69, 9.17) is 5.11 Å². The topological polar surface area (TPSA) is 92.7 Å². The average molecular weight is 356 g/mol. The first-order valence-corrected chi connectivity index (χ1v) is 7.24. The zero-order valence-electron chi connectivity index (χ0n) is 9.76. The van der Waals surface area contributed by atoms with Crippen molar-refractivity contribution in [2.75, 3.05) is 13.7 Å². The minimum absolute atomic E-state index is 0.368. The zero-order chi connectivity index (χ0) is 14.6. The van der Waals surface area contributed by atoms with Crippen molar-refractivity contribution in [3.05, 3.63) is 28.5 Å². The highest BCUT2D eigenvalue weighted by Crippen LogP contribution is 2.19. The summed E-state index contributed by atoms with van der Waals surface area (Å²) in [6.45, 7) is -0.368. The minimum Gasteiger partial charge on any atom is -0.480 e. The summed E-state index contributed by atoms with van der Waals surface area (Å²) in [5, 5.41) is 8.82. The molecule has 0 fully saturated rings. The molecular weight excluding hydrogens is 345 g/mol. The fourth-order valence-corrected chi connectivity index (χ4v) is 2.83. The van der Waals surface area contributed by atoms with Gasteiger partial charge in [-0.15, -0.1) is 0 Å². The van der Waals surface area contributed by atoms with Gasteiger partial charge in [0, 0.05) is 11.6 Å². The number of methoxy groups -OCH3 is 1. The summed E-state index contributed by atoms with van der Waals surface area (Å²) in [4.78, 5) is 10.2. The molecule has 0 aromatic heterocycles. The molecule has 1 unspecified atom stereocenters. The fraction of sp³-hybridized carbons (Fsp3) is 0.300. The van der Waals surface area contributed by atoms with Crippen LogP contribution < -0.4 is 4.72 Å². The largest absolute Gasteiger partial charge is 0.480 e. The monoisotopic (exact) mass is 355 g/mol. The van der Waals surface area contributed by atoms with E-state index in [0.29, 0.717) is 4.47 Å². The lowest BCUT2D eigenvalue weighted by Gasteiger charge is -2.14. The number of halogens is 2. The molecule has 1 atom stereocenters. The molecule has 0 saturated carbocycles. The van der Waals surface area contributed by atoms with Crippen LogP contribution in [-0.4, -0.2) is 39.3 Å². The molecule has 0 amide bonds. The SMILES string of the molecule is COCC(NS(=O)(=O)c1ccc(Br)cc1F)C(=O)O. The van der Waals surface area contributed by atoms with Crippen molar-refractivity contribution < 1.29 is 27.4 Å². The van der Waals surface area contributed by atoms with Gasteiger partial charge >= 0.3 is 5.97 Å². The second-order valence-electron chi connectivity index (χ2n) is 3.54. The van der Waals surface area contributed by atoms with Crippen molar-refractivity contribution in [3.63, 3.8) is 0 Å². The Morgan fingerprint density at radius 3 is 2.68 bits per heavy atom. The maximum atomic E-state index is 13.6. The molecule has 0 aliphatic rings. The van der Waals surface area contributed by atoms with E-state index < -0.39 is 32.7 Å². The predicted molar refractivity (Wildman–Crippen MR) is 67.7 cm³/mol. The van der Waals surface area contributed by atoms with Gasteiger partial charge in [0.05, 0.1) is 6.61 Å². The minimum atomic E-state index is -4.28. The van der Waals surface area contributed by atoms with Crippen LogP contribution >= 0.6 is 15.9 Å². The molecule has 0 spiro atoms. The second-order valence-corrected chi connectivity index (χ2v) is 6.14. The lowest BCUT2D eigenvalue weighted by Crippen LogP contribution is -2.43. The maximum absolute atomic E-state index is 13.6. The van der Waals surface area contributed by atoms with Crippen LogP contribution in [0.2, 0.25) is 0 Å². The number of carbonyl (C=O) groups is 1. The maximum Gasteiger partial charge on any atom is 0.324 e. The van der Waals surface area contributed by atoms with Gasteiger partial charge in [0.2, 0.25) is 10.0 Å². The van der Waals surface area contributed by atoms with Crippen LogP contribution in [-0.2, 0) is 19.6 Å². The molecule has 0 aliphatic carbocycles. The third-order valence-electron chi connectivity index (χ3n) is 2.11. The number of nitrogens with one attached hydrogen (secondary N) is 1. The Balaban J connectivity index is 3.06. The van der Waals surface area contributed by atoms with Crippen LogP contribution in [0.5, 0.6) is 0 Å². The fourth-order valence-electron chi connectivity index (χ4n) is 1.27. The Bertz CT molecular complexity index is 577. The molecule has 0 aliphatic heterocycles. The Morgan fingerprint density at radius 2 is 2.21 bits per heavy atom. The molecule has 6 nitrogen and oxygen atoms in total. The summed E-state index contributed by atoms with van der Waals surface area (Å²) in [6.07, 6.45) is 0. The van der Waals surface area contributed by atoms with Gasteiger partial charge in [-0.25, -0.2) is 12.8 Å². The summed E-state index contributed by atoms with van der Waals surface area (Å²) < 4.78 is 44.1. The third kappa shape index (κ3) is 4.23. The smallest absolute Gasteiger partial charge is 0.324 e. The van der Waals surface area contributed by atoms with Gasteiger partial charge in [-0.2, -0.15) is 4.72 Å². The second kappa shape index (κ2) is 6.42. The van der Waals surface area contributed by atoms with Crippen LogP contribution in [0.4, 0.5) is 4.39 Å². The number of hydrogen-bond donors (Lipinski definition) is 2. The molecule has 1 aromatic carbocycles. The van der Waals surface area contributed by atoms with Crippen molar-refractivity contribution >= 4 is 31.9 Å². The Morgan fingerprint density at radius 1 is 1.58 bits per heavy atom. The van der Waals surface area contributed by atoms with Gasteiger partial charge in [0.1, 0.15) is 16.8 Å². The van der Waals surface area contributed by atoms with Crippen molar-refractivity contribution in [1.82, 2.24) is 4.72 Å². The normalized spacial score (nSPS) is 13.2. The number of benzene rings is 1. The lowest BCUT2D eigenvalue weighted by atomic mass is 10.3. The van der Waals surface area contributed by atoms with Crippen molar-refractivity contribution in [2.24, 2.45) is 0 Å². The number of hydrogen-bond acceptors (Lipinski definition) is 4. The molecule has 0 saturated heterocycles. The summed E-state index contributed by atoms with van der Waals surface area (Å²) in [5.74, 6) is -2.40. The first-order chi connectivity index (χ1) is 8.77. The lowest BCUT2D eigenvalue weighted by molar-refractivity contribution is -0.140. The van der Waals surface area contributed by atoms with E-state index in [-0.39, 0.29) is 6.61 Å². The molecule has 0 bridgehead atoms. The van der Waals surface area contributed by atoms with Crippen molar-refractivity contribution in [3.8, 4) is 0 Å². The van der Waals surface area contributed by atoms with Gasteiger partial charge in [0.25, 0.3) is 0 Å². The summed E-state index contributed by atoms with van der Waals surface area (Å²) >= 11 is 2.99. The number of sulfonamides is 1. The Kier molecular flexibility index (Phi) is 5.41. The number of ether oxygens (including phenoxy) is 1. The summed E-state index contributed by atoms with van der Waals surface area (Å²) in [6, 6.07) is 1.86. The number of rotatable bonds is 6. The number of aliphatic carboxylic acids is 1. The van der Waals surface area contributed by atoms with Gasteiger partial charge in [-0.3, -0.25) is 4.79 Å². The summed E-state index contributed by atoms with van der Waals surface area (Å²) in [7, 11) is -3.05. The molecule has 106 valence electrons. The van der Waals surface area contributed by atoms with Crippen LogP contribution in [0.25, 0.3) is 0 Å². The zero-order valence-corrected chi connectivity index (χ0v) is 12.2. The van der Waals surface area contributed by atoms with E-state index >= 15 is 0 Å². The van der Waals surface area contributed by atoms with Gasteiger partial charge in [-0.05, 0) is 18.2 Å². The van der Waals surface area contributed by atoms with E-state index in [1.165, 1.54) is 13.2 Å². The third-order valence-corrected chi connectivity index (χ3v) is 4.11. The van der Waals surface area contributed by atoms with Crippen molar-refractivity contribution in [1.29, 1.82) is 0 Å². The molecule has 0 radical (unpaired) electrons. The Hall–Kier alpha value is -1.03. The van der Waals surface area contributed by atoms with Crippen LogP contribution in [0.15, 0.2) is 27.6 Å². The molecule has 1 rings (SSSR count). The summed E-state index contributed by atoms with van der Waals surface area (Å²) in [5.41, 5.74) is 0. The van der Waals surface area contributed by atoms with E-state index in [2.05, 4.69) is 20.7 Å².